The summed E-state index contributed by atoms with van der Waals surface area (Å²) >= 11 is 22.3. The number of aromatic nitrogens is 3. The minimum absolute atomic E-state index is 0. The van der Waals surface area contributed by atoms with Crippen LogP contribution in [0.15, 0.2) is 186 Å². The van der Waals surface area contributed by atoms with E-state index < -0.39 is 124 Å². The Morgan fingerprint density at radius 3 is 0.907 bits per heavy atom. The van der Waals surface area contributed by atoms with Gasteiger partial charge in [-0.1, -0.05) is 217 Å². The Kier molecular flexibility index (Phi) is 23.9. The monoisotopic (exact) mass is 1740 g/mol. The van der Waals surface area contributed by atoms with Crippen LogP contribution < -0.4 is 28.4 Å². The number of fused-ring (bicyclic) bond motifs is 9. The molecule has 3 saturated heterocycles. The van der Waals surface area contributed by atoms with Gasteiger partial charge in [-0.2, -0.15) is 0 Å². The molecule has 6 N–H and O–H groups in total. The number of benzene rings is 6. The highest BCUT2D eigenvalue weighted by molar-refractivity contribution is 9.10. The summed E-state index contributed by atoms with van der Waals surface area (Å²) < 4.78 is 117. The van der Waals surface area contributed by atoms with Crippen LogP contribution in [0.25, 0.3) is 9.69 Å². The van der Waals surface area contributed by atoms with Gasteiger partial charge in [0.1, 0.15) is 32.7 Å². The van der Waals surface area contributed by atoms with Crippen LogP contribution in [-0.4, -0.2) is 178 Å². The summed E-state index contributed by atoms with van der Waals surface area (Å²) in [6.45, 7) is 16.8. The summed E-state index contributed by atoms with van der Waals surface area (Å²) in [6, 6.07) is 53.6. The van der Waals surface area contributed by atoms with E-state index in [9.17, 15) is 57.0 Å². The predicted octanol–water partition coefficient (Wildman–Crippen LogP) is 15.7. The van der Waals surface area contributed by atoms with Gasteiger partial charge in [-0.15, -0.1) is 0 Å². The molecular formula is C88H86BrCl3F6N8O12. The third-order valence-electron chi connectivity index (χ3n) is 25.1. The molecule has 0 radical (unpaired) electrons. The molecule has 0 spiro atoms. The Morgan fingerprint density at radius 1 is 0.432 bits per heavy atom. The second-order valence-corrected chi connectivity index (χ2v) is 33.1. The molecule has 3 aliphatic carbocycles. The molecule has 620 valence electrons. The molecule has 20 nitrogen and oxygen atoms in total. The van der Waals surface area contributed by atoms with E-state index in [2.05, 4.69) is 40.6 Å². The van der Waals surface area contributed by atoms with Gasteiger partial charge in [-0.05, 0) is 45.5 Å². The molecule has 30 heteroatoms. The minimum Gasteiger partial charge on any atom is -0.481 e. The minimum atomic E-state index is -2.41. The summed E-state index contributed by atoms with van der Waals surface area (Å²) in [4.78, 5) is 25.4. The second-order valence-electron chi connectivity index (χ2n) is 31.0. The van der Waals surface area contributed by atoms with Crippen LogP contribution in [0.1, 0.15) is 82.7 Å². The number of halogens is 10. The van der Waals surface area contributed by atoms with Crippen LogP contribution >= 0.6 is 50.7 Å². The number of pyridine rings is 3. The fraction of sp³-hybridized carbons (Fsp3) is 0.398. The van der Waals surface area contributed by atoms with Crippen molar-refractivity contribution in [3.8, 4) is 34.9 Å². The van der Waals surface area contributed by atoms with Gasteiger partial charge in [-0.3, -0.25) is 0 Å². The molecule has 6 aromatic carbocycles. The van der Waals surface area contributed by atoms with E-state index in [1.165, 1.54) is 39.5 Å². The van der Waals surface area contributed by atoms with E-state index in [0.29, 0.717) is 34.6 Å². The highest BCUT2D eigenvalue weighted by Gasteiger charge is 2.80. The molecule has 9 heterocycles. The Morgan fingerprint density at radius 2 is 0.678 bits per heavy atom. The maximum atomic E-state index is 13.3. The molecule has 6 aliphatic heterocycles. The first-order valence-electron chi connectivity index (χ1n) is 37.6. The van der Waals surface area contributed by atoms with Gasteiger partial charge in [0.2, 0.25) is 36.9 Å². The van der Waals surface area contributed by atoms with Gasteiger partial charge in [0.25, 0.3) is 0 Å². The molecule has 3 saturated carbocycles. The van der Waals surface area contributed by atoms with Crippen LogP contribution in [0.5, 0.6) is 34.9 Å². The quantitative estimate of drug-likeness (QED) is 0.0266. The number of methoxy groups -OCH3 is 3. The number of ether oxygens (including phenoxy) is 6. The maximum absolute atomic E-state index is 13.3. The lowest BCUT2D eigenvalue weighted by molar-refractivity contribution is -0.153. The van der Waals surface area contributed by atoms with Crippen molar-refractivity contribution in [1.82, 2.24) is 29.7 Å². The average molecular weight is 1750 g/mol. The summed E-state index contributed by atoms with van der Waals surface area (Å²) in [5.74, 6) is -4.95. The number of hydrogen-bond acceptors (Lipinski definition) is 18. The normalized spacial score (nSPS) is 29.6. The highest BCUT2D eigenvalue weighted by Crippen LogP contribution is 2.74. The summed E-state index contributed by atoms with van der Waals surface area (Å²) in [5.41, 5.74) is -5.21. The number of likely N-dealkylation sites (tertiary alicyclic amines) is 3. The SMILES string of the molecule is C.C.COc1nc(Cl)cc2c1[C@]1(O)[C@H](O)[C@H](CN3CC(C(F)F)C3)[C@@H](c3ccccc3)[C@]1(c1ccc(Br)cc1)O2.[C-]#[N+]c1ccc([C@@]23Oc4cc(Cl)nc(OC)c4[C@]2(O)[C@H](O)[C@H](CN2CC(C(F)F)C2)[C@H]3c2ccccc2)cc1.[C-]#[N+]c1ccc([C@@]23Oc4cc(Cl)nc(OC)c4[C@]2(O)[C@H](O)[C@H](CN2CC(C(F)F)C2)[C@H]3c2ccccc2)cc1. The number of aliphatic hydroxyl groups is 6. The number of nitrogens with zero attached hydrogens (tertiary/aromatic N) is 8. The van der Waals surface area contributed by atoms with E-state index in [-0.39, 0.29) is 134 Å². The van der Waals surface area contributed by atoms with Crippen molar-refractivity contribution in [3.05, 3.63) is 275 Å². The molecule has 15 atom stereocenters. The van der Waals surface area contributed by atoms with Crippen LogP contribution in [0.3, 0.4) is 0 Å². The molecule has 18 rings (SSSR count). The zero-order chi connectivity index (χ0) is 81.9. The number of alkyl halides is 6. The molecule has 6 fully saturated rings. The third kappa shape index (κ3) is 13.3. The lowest BCUT2D eigenvalue weighted by Gasteiger charge is -2.43. The van der Waals surface area contributed by atoms with Gasteiger partial charge < -0.3 is 73.8 Å². The standard InChI is InChI=1S/2C29H26ClF2N3O4.C28H26BrClF2N2O4.2CH4/c2*1-33-19-10-8-18(9-11-19)29-23(16-6-4-3-5-7-16)20(15-35-13-17(14-35)26(31)32)25(36)28(29,37)24-21(39-29)12-22(30)34-27(24)38-2;1-37-26-23-20(11-21(30)33-26)38-28(17-7-9-18(29)10-8-17)22(15-5-3-2-4-6-15)19(24(35)27(23,28)36)14-34-12-16(13-34)25(31)32;;/h2*3-12,17,20,23,25-26,36-37H,13-15H2,2H3;2-11,16,19,22,24-25,35-36H,12-14H2,1H3;2*1H4/t2*20-,23-,25-,28+,29+;19-,22-,24-,27+,28+;;/m111../s1. The highest BCUT2D eigenvalue weighted by atomic mass is 79.9. The lowest BCUT2D eigenvalue weighted by Crippen LogP contribution is -2.53. The van der Waals surface area contributed by atoms with E-state index in [0.717, 1.165) is 21.2 Å². The van der Waals surface area contributed by atoms with Crippen molar-refractivity contribution >= 4 is 62.1 Å². The van der Waals surface area contributed by atoms with Gasteiger partial charge in [-0.25, -0.2) is 51.0 Å². The van der Waals surface area contributed by atoms with Crippen LogP contribution in [0.2, 0.25) is 15.5 Å². The molecule has 0 bridgehead atoms. The first-order chi connectivity index (χ1) is 55.7. The maximum Gasteiger partial charge on any atom is 0.243 e. The van der Waals surface area contributed by atoms with Gasteiger partial charge in [0.05, 0.1) is 69.5 Å². The zero-order valence-electron chi connectivity index (χ0n) is 62.3. The Hall–Kier alpha value is -8.88. The Balaban J connectivity index is 0.000000144. The van der Waals surface area contributed by atoms with Gasteiger partial charge >= 0.3 is 0 Å². The summed E-state index contributed by atoms with van der Waals surface area (Å²) in [5, 5.41) is 74.9. The Labute approximate surface area is 702 Å². The largest absolute Gasteiger partial charge is 0.481 e. The van der Waals surface area contributed by atoms with Gasteiger partial charge in [0.15, 0.2) is 45.0 Å². The van der Waals surface area contributed by atoms with Crippen LogP contribution in [0.4, 0.5) is 37.7 Å². The summed E-state index contributed by atoms with van der Waals surface area (Å²) in [6.07, 6.45) is -11.4. The molecule has 9 aliphatic rings. The smallest absolute Gasteiger partial charge is 0.243 e. The Bertz CT molecular complexity index is 5010. The van der Waals surface area contributed by atoms with E-state index in [4.69, 9.17) is 76.4 Å². The number of aliphatic hydroxyl groups excluding tert-OH is 3. The van der Waals surface area contributed by atoms with Crippen molar-refractivity contribution in [3.63, 3.8) is 0 Å². The average Bonchev–Trinajstić information content (AvgIpc) is 1.51. The summed E-state index contributed by atoms with van der Waals surface area (Å²) in [7, 11) is 4.20. The van der Waals surface area contributed by atoms with E-state index >= 15 is 0 Å². The number of hydrogen-bond donors (Lipinski definition) is 6. The van der Waals surface area contributed by atoms with Crippen LogP contribution in [0, 0.1) is 48.7 Å². The molecule has 0 amide bonds. The van der Waals surface area contributed by atoms with Crippen molar-refractivity contribution in [1.29, 1.82) is 0 Å². The first-order valence-corrected chi connectivity index (χ1v) is 39.5. The van der Waals surface area contributed by atoms with Gasteiger partial charge in [0, 0.05) is 135 Å². The zero-order valence-corrected chi connectivity index (χ0v) is 66.2. The molecular weight excluding hydrogens is 1660 g/mol. The number of rotatable bonds is 18. The molecule has 118 heavy (non-hydrogen) atoms. The fourth-order valence-corrected chi connectivity index (χ4v) is 21.0. The topological polar surface area (TPSA) is 234 Å². The van der Waals surface area contributed by atoms with Crippen molar-refractivity contribution in [2.75, 3.05) is 80.2 Å². The lowest BCUT2D eigenvalue weighted by atomic mass is 9.70. The molecule has 3 aromatic heterocycles. The second kappa shape index (κ2) is 32.9. The van der Waals surface area contributed by atoms with Crippen molar-refractivity contribution in [2.24, 2.45) is 35.5 Å². The van der Waals surface area contributed by atoms with E-state index in [1.807, 2.05) is 130 Å². The third-order valence-corrected chi connectivity index (χ3v) is 26.2. The van der Waals surface area contributed by atoms with Crippen molar-refractivity contribution < 1.29 is 85.4 Å². The van der Waals surface area contributed by atoms with Crippen LogP contribution in [-0.2, 0) is 33.6 Å². The molecule has 9 aromatic rings. The van der Waals surface area contributed by atoms with Crippen molar-refractivity contribution in [2.45, 2.75) is 104 Å². The predicted molar refractivity (Wildman–Crippen MR) is 433 cm³/mol. The first kappa shape index (κ1) is 85.5. The van der Waals surface area contributed by atoms with E-state index in [1.54, 1.807) is 48.5 Å². The molecule has 0 unspecified atom stereocenters. The fourth-order valence-electron chi connectivity index (χ4n) is 20.2.